The number of benzene rings is 4. The molecule has 0 aromatic heterocycles. The van der Waals surface area contributed by atoms with Crippen molar-refractivity contribution in [3.8, 4) is 23.0 Å². The second-order valence-corrected chi connectivity index (χ2v) is 10.8. The van der Waals surface area contributed by atoms with Gasteiger partial charge in [-0.2, -0.15) is 0 Å². The van der Waals surface area contributed by atoms with Gasteiger partial charge >= 0.3 is 0 Å². The maximum atomic E-state index is 13.6. The lowest BCUT2D eigenvalue weighted by atomic mass is 10.1. The third-order valence-corrected chi connectivity index (χ3v) is 7.95. The van der Waals surface area contributed by atoms with Gasteiger partial charge in [0, 0.05) is 0 Å². The molecule has 9 heteroatoms. The molecule has 1 N–H and O–H groups in total. The third kappa shape index (κ3) is 6.15. The quantitative estimate of drug-likeness (QED) is 0.306. The predicted octanol–water partition coefficient (Wildman–Crippen LogP) is 5.32. The largest absolute Gasteiger partial charge is 0.486 e. The van der Waals surface area contributed by atoms with Crippen molar-refractivity contribution >= 4 is 21.6 Å². The number of para-hydroxylation sites is 1. The minimum absolute atomic E-state index is 0.0855. The molecule has 0 unspecified atom stereocenters. The van der Waals surface area contributed by atoms with Gasteiger partial charge in [0.1, 0.15) is 31.3 Å². The SMILES string of the molecule is C[C@@H](NC(=O)CN(c1ccc(Oc2ccccc2)cc1)S(=O)(=O)c1ccccc1)c1ccc2c(c1)OCCO2. The Morgan fingerprint density at radius 2 is 1.46 bits per heavy atom. The van der Waals surface area contributed by atoms with E-state index in [1.54, 1.807) is 48.5 Å². The summed E-state index contributed by atoms with van der Waals surface area (Å²) in [7, 11) is -4.04. The van der Waals surface area contributed by atoms with Gasteiger partial charge < -0.3 is 19.5 Å². The standard InChI is InChI=1S/C30H28N2O6S/c1-22(23-12-17-28-29(20-23)37-19-18-36-28)31-30(33)21-32(39(34,35)27-10-6-3-7-11-27)24-13-15-26(16-14-24)38-25-8-4-2-5-9-25/h2-17,20,22H,18-19,21H2,1H3,(H,31,33)/t22-/m1/s1. The second kappa shape index (κ2) is 11.5. The number of nitrogens with one attached hydrogen (secondary N) is 1. The van der Waals surface area contributed by atoms with E-state index in [-0.39, 0.29) is 4.90 Å². The van der Waals surface area contributed by atoms with Crippen molar-refractivity contribution in [2.75, 3.05) is 24.1 Å². The number of hydrogen-bond acceptors (Lipinski definition) is 6. The van der Waals surface area contributed by atoms with Crippen LogP contribution in [-0.2, 0) is 14.8 Å². The fourth-order valence-corrected chi connectivity index (χ4v) is 5.61. The summed E-state index contributed by atoms with van der Waals surface area (Å²) in [5, 5.41) is 2.90. The van der Waals surface area contributed by atoms with E-state index >= 15 is 0 Å². The highest BCUT2D eigenvalue weighted by molar-refractivity contribution is 7.92. The van der Waals surface area contributed by atoms with Crippen LogP contribution in [0.25, 0.3) is 0 Å². The van der Waals surface area contributed by atoms with E-state index in [2.05, 4.69) is 5.32 Å². The highest BCUT2D eigenvalue weighted by Gasteiger charge is 2.28. The van der Waals surface area contributed by atoms with Crippen molar-refractivity contribution in [2.24, 2.45) is 0 Å². The number of nitrogens with zero attached hydrogens (tertiary/aromatic N) is 1. The lowest BCUT2D eigenvalue weighted by Crippen LogP contribution is -2.41. The van der Waals surface area contributed by atoms with Crippen molar-refractivity contribution < 1.29 is 27.4 Å². The number of hydrogen-bond donors (Lipinski definition) is 1. The van der Waals surface area contributed by atoms with E-state index in [9.17, 15) is 13.2 Å². The zero-order valence-corrected chi connectivity index (χ0v) is 22.1. The fourth-order valence-electron chi connectivity index (χ4n) is 4.17. The van der Waals surface area contributed by atoms with Gasteiger partial charge in [-0.1, -0.05) is 42.5 Å². The van der Waals surface area contributed by atoms with Gasteiger partial charge in [0.2, 0.25) is 5.91 Å². The molecule has 39 heavy (non-hydrogen) atoms. The lowest BCUT2D eigenvalue weighted by molar-refractivity contribution is -0.120. The number of amides is 1. The normalized spacial score (nSPS) is 13.3. The topological polar surface area (TPSA) is 94.2 Å². The highest BCUT2D eigenvalue weighted by atomic mass is 32.2. The average molecular weight is 545 g/mol. The molecule has 1 aliphatic heterocycles. The van der Waals surface area contributed by atoms with Crippen LogP contribution in [0.2, 0.25) is 0 Å². The minimum atomic E-state index is -4.04. The first-order valence-corrected chi connectivity index (χ1v) is 13.9. The van der Waals surface area contributed by atoms with Gasteiger partial charge in [0.15, 0.2) is 11.5 Å². The van der Waals surface area contributed by atoms with Gasteiger partial charge in [0.05, 0.1) is 16.6 Å². The molecule has 0 saturated carbocycles. The second-order valence-electron chi connectivity index (χ2n) is 8.93. The van der Waals surface area contributed by atoms with Gasteiger partial charge in [-0.15, -0.1) is 0 Å². The predicted molar refractivity (Wildman–Crippen MR) is 148 cm³/mol. The molecule has 1 amide bonds. The molecule has 8 nitrogen and oxygen atoms in total. The van der Waals surface area contributed by atoms with Crippen molar-refractivity contribution in [1.29, 1.82) is 0 Å². The Bertz CT molecular complexity index is 1530. The molecule has 0 saturated heterocycles. The Hall–Kier alpha value is -4.50. The van der Waals surface area contributed by atoms with Gasteiger partial charge in [-0.3, -0.25) is 9.10 Å². The molecule has 0 aliphatic carbocycles. The summed E-state index contributed by atoms with van der Waals surface area (Å²) in [5.41, 5.74) is 1.15. The zero-order chi connectivity index (χ0) is 27.2. The number of ether oxygens (including phenoxy) is 3. The molecule has 0 fully saturated rings. The maximum absolute atomic E-state index is 13.6. The molecule has 200 valence electrons. The highest BCUT2D eigenvalue weighted by Crippen LogP contribution is 2.33. The number of fused-ring (bicyclic) bond motifs is 1. The summed E-state index contributed by atoms with van der Waals surface area (Å²) < 4.78 is 45.4. The summed E-state index contributed by atoms with van der Waals surface area (Å²) in [6, 6.07) is 29.0. The van der Waals surface area contributed by atoms with Crippen molar-refractivity contribution in [2.45, 2.75) is 17.9 Å². The molecular weight excluding hydrogens is 516 g/mol. The van der Waals surface area contributed by atoms with Crippen molar-refractivity contribution in [3.63, 3.8) is 0 Å². The van der Waals surface area contributed by atoms with E-state index in [1.165, 1.54) is 12.1 Å². The van der Waals surface area contributed by atoms with Crippen LogP contribution in [0.5, 0.6) is 23.0 Å². The number of sulfonamides is 1. The molecule has 1 atom stereocenters. The molecule has 1 heterocycles. The number of anilines is 1. The lowest BCUT2D eigenvalue weighted by Gasteiger charge is -2.25. The number of carbonyl (C=O) groups excluding carboxylic acids is 1. The van der Waals surface area contributed by atoms with Gasteiger partial charge in [-0.05, 0) is 73.2 Å². The van der Waals surface area contributed by atoms with Crippen LogP contribution in [-0.4, -0.2) is 34.1 Å². The summed E-state index contributed by atoms with van der Waals surface area (Å²) in [6.45, 7) is 2.36. The molecule has 0 bridgehead atoms. The monoisotopic (exact) mass is 544 g/mol. The first kappa shape index (κ1) is 26.1. The Labute approximate surface area is 227 Å². The Kier molecular flexibility index (Phi) is 7.69. The first-order valence-electron chi connectivity index (χ1n) is 12.5. The van der Waals surface area contributed by atoms with Crippen molar-refractivity contribution in [3.05, 3.63) is 109 Å². The number of rotatable bonds is 9. The van der Waals surface area contributed by atoms with E-state index in [0.29, 0.717) is 41.9 Å². The van der Waals surface area contributed by atoms with E-state index < -0.39 is 28.5 Å². The van der Waals surface area contributed by atoms with Crippen LogP contribution in [0.15, 0.2) is 108 Å². The summed E-state index contributed by atoms with van der Waals surface area (Å²) in [5.74, 6) is 2.01. The van der Waals surface area contributed by atoms with E-state index in [0.717, 1.165) is 9.87 Å². The molecular formula is C30H28N2O6S. The molecule has 0 radical (unpaired) electrons. The zero-order valence-electron chi connectivity index (χ0n) is 21.3. The number of carbonyl (C=O) groups is 1. The van der Waals surface area contributed by atoms with Gasteiger partial charge in [-0.25, -0.2) is 8.42 Å². The molecule has 4 aromatic rings. The molecule has 1 aliphatic rings. The van der Waals surface area contributed by atoms with Crippen LogP contribution in [0.3, 0.4) is 0 Å². The van der Waals surface area contributed by atoms with E-state index in [1.807, 2.05) is 49.4 Å². The van der Waals surface area contributed by atoms with Crippen LogP contribution < -0.4 is 23.8 Å². The molecule has 4 aromatic carbocycles. The van der Waals surface area contributed by atoms with Crippen LogP contribution >= 0.6 is 0 Å². The molecule has 5 rings (SSSR count). The average Bonchev–Trinajstić information content (AvgIpc) is 2.97. The third-order valence-electron chi connectivity index (χ3n) is 6.17. The summed E-state index contributed by atoms with van der Waals surface area (Å²) in [6.07, 6.45) is 0. The van der Waals surface area contributed by atoms with Crippen LogP contribution in [0.4, 0.5) is 5.69 Å². The smallest absolute Gasteiger partial charge is 0.264 e. The maximum Gasteiger partial charge on any atom is 0.264 e. The van der Waals surface area contributed by atoms with E-state index in [4.69, 9.17) is 14.2 Å². The van der Waals surface area contributed by atoms with Crippen LogP contribution in [0.1, 0.15) is 18.5 Å². The first-order chi connectivity index (χ1) is 18.9. The Morgan fingerprint density at radius 1 is 0.846 bits per heavy atom. The van der Waals surface area contributed by atoms with Gasteiger partial charge in [0.25, 0.3) is 10.0 Å². The fraction of sp³-hybridized carbons (Fsp3) is 0.167. The summed E-state index contributed by atoms with van der Waals surface area (Å²) in [4.78, 5) is 13.3. The van der Waals surface area contributed by atoms with Crippen molar-refractivity contribution in [1.82, 2.24) is 5.32 Å². The minimum Gasteiger partial charge on any atom is -0.486 e. The Morgan fingerprint density at radius 3 is 2.15 bits per heavy atom. The Balaban J connectivity index is 1.36. The molecule has 0 spiro atoms. The summed E-state index contributed by atoms with van der Waals surface area (Å²) >= 11 is 0. The van der Waals surface area contributed by atoms with Crippen LogP contribution in [0, 0.1) is 0 Å².